The van der Waals surface area contributed by atoms with Crippen molar-refractivity contribution in [3.05, 3.63) is 29.8 Å². The van der Waals surface area contributed by atoms with E-state index in [9.17, 15) is 0 Å². The number of rotatable bonds is 4. The maximum atomic E-state index is 8.68. The second kappa shape index (κ2) is 5.77. The zero-order valence-electron chi connectivity index (χ0n) is 9.07. The van der Waals surface area contributed by atoms with Crippen LogP contribution in [0.15, 0.2) is 24.3 Å². The fourth-order valence-corrected chi connectivity index (χ4v) is 1.62. The molecule has 1 aromatic rings. The molecule has 0 radical (unpaired) electrons. The average molecular weight is 267 g/mol. The van der Waals surface area contributed by atoms with Crippen LogP contribution in [0.5, 0.6) is 0 Å². The Morgan fingerprint density at radius 1 is 1.40 bits per heavy atom. The number of benzene rings is 1. The highest BCUT2D eigenvalue weighted by atomic mass is 79.9. The molecule has 1 rings (SSSR count). The van der Waals surface area contributed by atoms with Gasteiger partial charge in [-0.25, -0.2) is 0 Å². The fourth-order valence-electron chi connectivity index (χ4n) is 1.41. The monoisotopic (exact) mass is 266 g/mol. The molecular weight excluding hydrogens is 252 g/mol. The van der Waals surface area contributed by atoms with Gasteiger partial charge in [-0.15, -0.1) is 0 Å². The third-order valence-corrected chi connectivity index (χ3v) is 3.39. The number of halogens is 1. The van der Waals surface area contributed by atoms with Crippen LogP contribution >= 0.6 is 15.9 Å². The molecule has 0 saturated carbocycles. The largest absolute Gasteiger partial charge is 0.374 e. The van der Waals surface area contributed by atoms with E-state index in [0.717, 1.165) is 17.6 Å². The Morgan fingerprint density at radius 2 is 2.00 bits per heavy atom. The van der Waals surface area contributed by atoms with Crippen molar-refractivity contribution >= 4 is 21.6 Å². The molecule has 0 N–H and O–H groups in total. The molecular formula is C12H15BrN2. The lowest BCUT2D eigenvalue weighted by molar-refractivity contribution is 0.652. The molecule has 0 heterocycles. The van der Waals surface area contributed by atoms with Crippen LogP contribution in [0.3, 0.4) is 0 Å². The molecule has 0 saturated heterocycles. The Kier molecular flexibility index (Phi) is 4.64. The number of nitrogens with zero attached hydrogens (tertiary/aromatic N) is 2. The van der Waals surface area contributed by atoms with Gasteiger partial charge in [0.2, 0.25) is 0 Å². The molecule has 0 aliphatic heterocycles. The van der Waals surface area contributed by atoms with E-state index in [1.807, 2.05) is 24.3 Å². The Morgan fingerprint density at radius 3 is 2.47 bits per heavy atom. The summed E-state index contributed by atoms with van der Waals surface area (Å²) in [6.07, 6.45) is 0. The van der Waals surface area contributed by atoms with E-state index in [1.165, 1.54) is 0 Å². The molecule has 0 aromatic heterocycles. The van der Waals surface area contributed by atoms with E-state index in [0.29, 0.717) is 11.5 Å². The van der Waals surface area contributed by atoms with Gasteiger partial charge in [0.15, 0.2) is 0 Å². The standard InChI is InChI=1S/C12H15BrN2/c1-10(7-13)9-15(2)12-5-3-11(8-14)4-6-12/h3-6,10H,7,9H2,1-2H3. The van der Waals surface area contributed by atoms with Crippen LogP contribution in [-0.2, 0) is 0 Å². The van der Waals surface area contributed by atoms with Gasteiger partial charge in [-0.1, -0.05) is 22.9 Å². The van der Waals surface area contributed by atoms with Gasteiger partial charge in [0.25, 0.3) is 0 Å². The summed E-state index contributed by atoms with van der Waals surface area (Å²) in [6.45, 7) is 3.21. The quantitative estimate of drug-likeness (QED) is 0.784. The highest BCUT2D eigenvalue weighted by molar-refractivity contribution is 9.09. The number of anilines is 1. The van der Waals surface area contributed by atoms with Gasteiger partial charge in [0.05, 0.1) is 11.6 Å². The van der Waals surface area contributed by atoms with Gasteiger partial charge in [-0.3, -0.25) is 0 Å². The van der Waals surface area contributed by atoms with E-state index in [2.05, 4.69) is 40.9 Å². The Hall–Kier alpha value is -1.01. The first kappa shape index (κ1) is 12.1. The smallest absolute Gasteiger partial charge is 0.0991 e. The van der Waals surface area contributed by atoms with Gasteiger partial charge in [0.1, 0.15) is 0 Å². The summed E-state index contributed by atoms with van der Waals surface area (Å²) < 4.78 is 0. The van der Waals surface area contributed by atoms with Crippen LogP contribution in [0.4, 0.5) is 5.69 Å². The highest BCUT2D eigenvalue weighted by Gasteiger charge is 2.05. The topological polar surface area (TPSA) is 27.0 Å². The zero-order chi connectivity index (χ0) is 11.3. The molecule has 15 heavy (non-hydrogen) atoms. The van der Waals surface area contributed by atoms with Gasteiger partial charge in [0, 0.05) is 24.6 Å². The molecule has 3 heteroatoms. The van der Waals surface area contributed by atoms with Gasteiger partial charge in [-0.2, -0.15) is 5.26 Å². The van der Waals surface area contributed by atoms with E-state index in [-0.39, 0.29) is 0 Å². The first-order valence-corrected chi connectivity index (χ1v) is 6.06. The number of hydrogen-bond acceptors (Lipinski definition) is 2. The molecule has 1 aromatic carbocycles. The minimum Gasteiger partial charge on any atom is -0.374 e. The molecule has 1 atom stereocenters. The van der Waals surface area contributed by atoms with Crippen molar-refractivity contribution in [2.45, 2.75) is 6.92 Å². The number of alkyl halides is 1. The number of nitriles is 1. The SMILES string of the molecule is CC(CBr)CN(C)c1ccc(C#N)cc1. The normalized spacial score (nSPS) is 11.9. The maximum absolute atomic E-state index is 8.68. The molecule has 0 fully saturated rings. The van der Waals surface area contributed by atoms with Gasteiger partial charge in [-0.05, 0) is 30.2 Å². The van der Waals surface area contributed by atoms with Crippen LogP contribution in [0.2, 0.25) is 0 Å². The lowest BCUT2D eigenvalue weighted by Gasteiger charge is -2.22. The van der Waals surface area contributed by atoms with Crippen LogP contribution in [0.25, 0.3) is 0 Å². The van der Waals surface area contributed by atoms with E-state index < -0.39 is 0 Å². The Labute approximate surface area is 99.6 Å². The first-order chi connectivity index (χ1) is 7.17. The average Bonchev–Trinajstić information content (AvgIpc) is 2.29. The lowest BCUT2D eigenvalue weighted by atomic mass is 10.1. The summed E-state index contributed by atoms with van der Waals surface area (Å²) in [5, 5.41) is 9.69. The van der Waals surface area contributed by atoms with Crippen molar-refractivity contribution in [3.63, 3.8) is 0 Å². The minimum absolute atomic E-state index is 0.616. The molecule has 0 aliphatic carbocycles. The molecule has 80 valence electrons. The molecule has 0 aliphatic rings. The predicted octanol–water partition coefficient (Wildman–Crippen LogP) is 3.03. The third-order valence-electron chi connectivity index (χ3n) is 2.29. The van der Waals surface area contributed by atoms with Crippen LogP contribution < -0.4 is 4.90 Å². The van der Waals surface area contributed by atoms with Gasteiger partial charge < -0.3 is 4.90 Å². The summed E-state index contributed by atoms with van der Waals surface area (Å²) in [5.74, 6) is 0.616. The highest BCUT2D eigenvalue weighted by Crippen LogP contribution is 2.15. The summed E-state index contributed by atoms with van der Waals surface area (Å²) >= 11 is 3.47. The molecule has 2 nitrogen and oxygen atoms in total. The molecule has 0 bridgehead atoms. The first-order valence-electron chi connectivity index (χ1n) is 4.94. The molecule has 0 spiro atoms. The lowest BCUT2D eigenvalue weighted by Crippen LogP contribution is -2.24. The predicted molar refractivity (Wildman–Crippen MR) is 67.4 cm³/mol. The molecule has 0 amide bonds. The van der Waals surface area contributed by atoms with Crippen molar-refractivity contribution in [1.82, 2.24) is 0 Å². The third kappa shape index (κ3) is 3.56. The van der Waals surface area contributed by atoms with Crippen molar-refractivity contribution < 1.29 is 0 Å². The summed E-state index contributed by atoms with van der Waals surface area (Å²) in [7, 11) is 2.07. The van der Waals surface area contributed by atoms with Crippen molar-refractivity contribution in [2.75, 3.05) is 23.8 Å². The maximum Gasteiger partial charge on any atom is 0.0991 e. The Bertz CT molecular complexity index is 340. The fraction of sp³-hybridized carbons (Fsp3) is 0.417. The van der Waals surface area contributed by atoms with Crippen molar-refractivity contribution in [3.8, 4) is 6.07 Å². The zero-order valence-corrected chi connectivity index (χ0v) is 10.7. The van der Waals surface area contributed by atoms with Crippen LogP contribution in [0.1, 0.15) is 12.5 Å². The van der Waals surface area contributed by atoms with Gasteiger partial charge >= 0.3 is 0 Å². The summed E-state index contributed by atoms with van der Waals surface area (Å²) in [5.41, 5.74) is 1.86. The summed E-state index contributed by atoms with van der Waals surface area (Å²) in [4.78, 5) is 2.20. The summed E-state index contributed by atoms with van der Waals surface area (Å²) in [6, 6.07) is 9.79. The van der Waals surface area contributed by atoms with Crippen LogP contribution in [-0.4, -0.2) is 18.9 Å². The Balaban J connectivity index is 2.66. The second-order valence-electron chi connectivity index (χ2n) is 3.80. The van der Waals surface area contributed by atoms with E-state index in [4.69, 9.17) is 5.26 Å². The van der Waals surface area contributed by atoms with Crippen molar-refractivity contribution in [2.24, 2.45) is 5.92 Å². The van der Waals surface area contributed by atoms with E-state index >= 15 is 0 Å². The second-order valence-corrected chi connectivity index (χ2v) is 4.45. The molecule has 1 unspecified atom stereocenters. The van der Waals surface area contributed by atoms with E-state index in [1.54, 1.807) is 0 Å². The van der Waals surface area contributed by atoms with Crippen molar-refractivity contribution in [1.29, 1.82) is 5.26 Å². The van der Waals surface area contributed by atoms with Crippen LogP contribution in [0, 0.1) is 17.2 Å². The number of hydrogen-bond donors (Lipinski definition) is 0. The minimum atomic E-state index is 0.616.